The van der Waals surface area contributed by atoms with Gasteiger partial charge in [-0.1, -0.05) is 25.8 Å². The van der Waals surface area contributed by atoms with Crippen LogP contribution in [-0.4, -0.2) is 16.6 Å². The van der Waals surface area contributed by atoms with E-state index in [-0.39, 0.29) is 0 Å². The third-order valence-electron chi connectivity index (χ3n) is 3.96. The van der Waals surface area contributed by atoms with Crippen LogP contribution in [0.25, 0.3) is 0 Å². The molecule has 2 rings (SSSR count). The second-order valence-electron chi connectivity index (χ2n) is 5.57. The zero-order chi connectivity index (χ0) is 14.5. The van der Waals surface area contributed by atoms with E-state index in [0.717, 1.165) is 18.4 Å². The van der Waals surface area contributed by atoms with Gasteiger partial charge in [-0.2, -0.15) is 5.26 Å². The zero-order valence-electron chi connectivity index (χ0n) is 12.1. The molecule has 1 saturated carbocycles. The fourth-order valence-corrected chi connectivity index (χ4v) is 4.53. The number of benzene rings is 1. The van der Waals surface area contributed by atoms with Crippen molar-refractivity contribution in [1.82, 2.24) is 0 Å². The zero-order valence-corrected chi connectivity index (χ0v) is 12.9. The monoisotopic (exact) mass is 291 g/mol. The average Bonchev–Trinajstić information content (AvgIpc) is 2.47. The predicted octanol–water partition coefficient (Wildman–Crippen LogP) is 3.39. The van der Waals surface area contributed by atoms with Crippen LogP contribution < -0.4 is 4.74 Å². The molecule has 0 aromatic heterocycles. The van der Waals surface area contributed by atoms with Gasteiger partial charge in [0.2, 0.25) is 0 Å². The summed E-state index contributed by atoms with van der Waals surface area (Å²) in [5.41, 5.74) is 1.51. The van der Waals surface area contributed by atoms with Gasteiger partial charge in [-0.05, 0) is 36.5 Å². The van der Waals surface area contributed by atoms with Gasteiger partial charge >= 0.3 is 0 Å². The summed E-state index contributed by atoms with van der Waals surface area (Å²) in [5, 5.41) is 9.29. The standard InChI is InChI=1S/C16H21NO2S/c1-12-4-3-5-15(8-12)20(18)11-13-6-7-14(10-17)16(9-13)19-2/h6-7,9,12,15H,3-5,8,11H2,1-2H3. The van der Waals surface area contributed by atoms with Gasteiger partial charge in [-0.25, -0.2) is 0 Å². The Labute approximate surface area is 123 Å². The van der Waals surface area contributed by atoms with Crippen LogP contribution >= 0.6 is 0 Å². The number of nitrogens with zero attached hydrogens (tertiary/aromatic N) is 1. The molecule has 3 nitrogen and oxygen atoms in total. The normalized spacial score (nSPS) is 23.9. The van der Waals surface area contributed by atoms with E-state index in [1.165, 1.54) is 12.8 Å². The molecule has 1 fully saturated rings. The van der Waals surface area contributed by atoms with Gasteiger partial charge < -0.3 is 4.74 Å². The van der Waals surface area contributed by atoms with Crippen molar-refractivity contribution in [2.45, 2.75) is 43.6 Å². The molecule has 3 atom stereocenters. The highest BCUT2D eigenvalue weighted by molar-refractivity contribution is 7.84. The van der Waals surface area contributed by atoms with Crippen molar-refractivity contribution in [2.24, 2.45) is 5.92 Å². The Morgan fingerprint density at radius 3 is 2.90 bits per heavy atom. The molecule has 0 bridgehead atoms. The van der Waals surface area contributed by atoms with E-state index < -0.39 is 10.8 Å². The van der Waals surface area contributed by atoms with E-state index in [0.29, 0.717) is 28.2 Å². The van der Waals surface area contributed by atoms with Gasteiger partial charge in [0.05, 0.1) is 12.7 Å². The maximum atomic E-state index is 12.5. The van der Waals surface area contributed by atoms with E-state index in [9.17, 15) is 4.21 Å². The van der Waals surface area contributed by atoms with Gasteiger partial charge in [0.25, 0.3) is 0 Å². The number of hydrogen-bond acceptors (Lipinski definition) is 3. The summed E-state index contributed by atoms with van der Waals surface area (Å²) in [6.45, 7) is 2.24. The molecule has 0 spiro atoms. The van der Waals surface area contributed by atoms with Crippen LogP contribution in [-0.2, 0) is 16.6 Å². The second-order valence-corrected chi connectivity index (χ2v) is 7.28. The van der Waals surface area contributed by atoms with E-state index in [2.05, 4.69) is 13.0 Å². The number of rotatable bonds is 4. The molecule has 108 valence electrons. The number of ether oxygens (including phenoxy) is 1. The van der Waals surface area contributed by atoms with Crippen LogP contribution in [0.5, 0.6) is 5.75 Å². The summed E-state index contributed by atoms with van der Waals surface area (Å²) in [6.07, 6.45) is 4.59. The largest absolute Gasteiger partial charge is 0.495 e. The SMILES string of the molecule is COc1cc(CS(=O)C2CCCC(C)C2)ccc1C#N. The number of nitriles is 1. The lowest BCUT2D eigenvalue weighted by atomic mass is 9.91. The van der Waals surface area contributed by atoms with Gasteiger partial charge in [0.1, 0.15) is 11.8 Å². The highest BCUT2D eigenvalue weighted by Crippen LogP contribution is 2.29. The molecule has 1 aromatic carbocycles. The second kappa shape index (κ2) is 6.90. The molecule has 4 heteroatoms. The van der Waals surface area contributed by atoms with Crippen LogP contribution in [0, 0.1) is 17.2 Å². The quantitative estimate of drug-likeness (QED) is 0.854. The summed E-state index contributed by atoms with van der Waals surface area (Å²) in [4.78, 5) is 0. The van der Waals surface area contributed by atoms with Crippen LogP contribution in [0.2, 0.25) is 0 Å². The molecule has 3 unspecified atom stereocenters. The Morgan fingerprint density at radius 2 is 2.25 bits per heavy atom. The number of hydrogen-bond donors (Lipinski definition) is 0. The topological polar surface area (TPSA) is 50.1 Å². The summed E-state index contributed by atoms with van der Waals surface area (Å²) >= 11 is 0. The van der Waals surface area contributed by atoms with E-state index >= 15 is 0 Å². The molecule has 0 amide bonds. The van der Waals surface area contributed by atoms with Crippen LogP contribution in [0.15, 0.2) is 18.2 Å². The van der Waals surface area contributed by atoms with E-state index in [4.69, 9.17) is 10.00 Å². The smallest absolute Gasteiger partial charge is 0.136 e. The lowest BCUT2D eigenvalue weighted by Gasteiger charge is -2.26. The molecule has 1 aliphatic rings. The lowest BCUT2D eigenvalue weighted by molar-refractivity contribution is 0.389. The Hall–Kier alpha value is -1.34. The highest BCUT2D eigenvalue weighted by atomic mass is 32.2. The minimum absolute atomic E-state index is 0.320. The molecular weight excluding hydrogens is 270 g/mol. The van der Waals surface area contributed by atoms with Crippen molar-refractivity contribution in [3.63, 3.8) is 0 Å². The maximum absolute atomic E-state index is 12.5. The van der Waals surface area contributed by atoms with Crippen molar-refractivity contribution in [3.05, 3.63) is 29.3 Å². The first-order valence-electron chi connectivity index (χ1n) is 7.08. The van der Waals surface area contributed by atoms with Crippen molar-refractivity contribution >= 4 is 10.8 Å². The third kappa shape index (κ3) is 3.61. The molecule has 0 N–H and O–H groups in total. The Morgan fingerprint density at radius 1 is 1.45 bits per heavy atom. The molecule has 0 heterocycles. The van der Waals surface area contributed by atoms with Crippen molar-refractivity contribution in [3.8, 4) is 11.8 Å². The van der Waals surface area contributed by atoms with Crippen molar-refractivity contribution in [2.75, 3.05) is 7.11 Å². The van der Waals surface area contributed by atoms with Gasteiger partial charge in [0, 0.05) is 21.8 Å². The first kappa shape index (κ1) is 15.1. The molecule has 1 aliphatic carbocycles. The molecule has 20 heavy (non-hydrogen) atoms. The molecular formula is C16H21NO2S. The minimum atomic E-state index is -0.835. The van der Waals surface area contributed by atoms with Gasteiger partial charge in [0.15, 0.2) is 0 Å². The third-order valence-corrected chi connectivity index (χ3v) is 5.74. The fraction of sp³-hybridized carbons (Fsp3) is 0.562. The summed E-state index contributed by atoms with van der Waals surface area (Å²) < 4.78 is 17.7. The first-order chi connectivity index (χ1) is 9.63. The summed E-state index contributed by atoms with van der Waals surface area (Å²) in [5.74, 6) is 1.81. The van der Waals surface area contributed by atoms with Crippen LogP contribution in [0.4, 0.5) is 0 Å². The van der Waals surface area contributed by atoms with Crippen LogP contribution in [0.1, 0.15) is 43.7 Å². The van der Waals surface area contributed by atoms with E-state index in [1.54, 1.807) is 13.2 Å². The van der Waals surface area contributed by atoms with Crippen molar-refractivity contribution < 1.29 is 8.95 Å². The van der Waals surface area contributed by atoms with Gasteiger partial charge in [-0.3, -0.25) is 4.21 Å². The van der Waals surface area contributed by atoms with Crippen molar-refractivity contribution in [1.29, 1.82) is 5.26 Å². The fourth-order valence-electron chi connectivity index (χ4n) is 2.82. The molecule has 0 aliphatic heterocycles. The Balaban J connectivity index is 2.06. The molecule has 1 aromatic rings. The van der Waals surface area contributed by atoms with Gasteiger partial charge in [-0.15, -0.1) is 0 Å². The molecule has 0 saturated heterocycles. The predicted molar refractivity (Wildman–Crippen MR) is 81.0 cm³/mol. The highest BCUT2D eigenvalue weighted by Gasteiger charge is 2.24. The Kier molecular flexibility index (Phi) is 5.19. The minimum Gasteiger partial charge on any atom is -0.495 e. The summed E-state index contributed by atoms with van der Waals surface area (Å²) in [7, 11) is 0.720. The van der Waals surface area contributed by atoms with E-state index in [1.807, 2.05) is 12.1 Å². The Bertz CT molecular complexity index is 536. The maximum Gasteiger partial charge on any atom is 0.136 e. The molecule has 0 radical (unpaired) electrons. The number of methoxy groups -OCH3 is 1. The van der Waals surface area contributed by atoms with Crippen LogP contribution in [0.3, 0.4) is 0 Å². The average molecular weight is 291 g/mol. The summed E-state index contributed by atoms with van der Waals surface area (Å²) in [6, 6.07) is 7.56. The first-order valence-corrected chi connectivity index (χ1v) is 8.46. The lowest BCUT2D eigenvalue weighted by Crippen LogP contribution is -2.24.